The fourth-order valence-electron chi connectivity index (χ4n) is 2.13. The van der Waals surface area contributed by atoms with Crippen LogP contribution in [0.25, 0.3) is 0 Å². The maximum atomic E-state index is 6.11. The first kappa shape index (κ1) is 12.2. The van der Waals surface area contributed by atoms with Crippen LogP contribution in [0.5, 0.6) is 0 Å². The van der Waals surface area contributed by atoms with Crippen molar-refractivity contribution in [2.24, 2.45) is 5.73 Å². The van der Waals surface area contributed by atoms with Gasteiger partial charge in [-0.2, -0.15) is 0 Å². The van der Waals surface area contributed by atoms with Crippen molar-refractivity contribution in [3.05, 3.63) is 70.7 Å². The number of benzene rings is 2. The predicted octanol–water partition coefficient (Wildman–Crippen LogP) is 3.82. The largest absolute Gasteiger partial charge is 0.327 e. The maximum Gasteiger partial charge on any atom is 0.0406 e. The molecule has 17 heavy (non-hydrogen) atoms. The summed E-state index contributed by atoms with van der Waals surface area (Å²) in [6, 6.07) is 18.3. The Hall–Kier alpha value is -1.31. The second-order valence-electron chi connectivity index (χ2n) is 4.30. The summed E-state index contributed by atoms with van der Waals surface area (Å²) in [4.78, 5) is 0. The van der Waals surface area contributed by atoms with Crippen molar-refractivity contribution in [1.82, 2.24) is 0 Å². The maximum absolute atomic E-state index is 6.11. The Morgan fingerprint density at radius 2 is 1.41 bits per heavy atom. The highest BCUT2D eigenvalue weighted by molar-refractivity contribution is 6.30. The minimum Gasteiger partial charge on any atom is -0.327 e. The lowest BCUT2D eigenvalue weighted by molar-refractivity contribution is 0.645. The van der Waals surface area contributed by atoms with E-state index in [4.69, 9.17) is 17.3 Å². The van der Waals surface area contributed by atoms with Crippen LogP contribution in [0.2, 0.25) is 5.02 Å². The molecule has 0 saturated carbocycles. The smallest absolute Gasteiger partial charge is 0.0406 e. The van der Waals surface area contributed by atoms with Crippen LogP contribution in [0.15, 0.2) is 54.6 Å². The van der Waals surface area contributed by atoms with Crippen molar-refractivity contribution in [1.29, 1.82) is 0 Å². The molecule has 0 amide bonds. The fourth-order valence-corrected chi connectivity index (χ4v) is 2.26. The lowest BCUT2D eigenvalue weighted by Gasteiger charge is -2.21. The third kappa shape index (κ3) is 2.87. The van der Waals surface area contributed by atoms with Crippen LogP contribution in [0, 0.1) is 0 Å². The van der Waals surface area contributed by atoms with Crippen LogP contribution in [0.1, 0.15) is 24.0 Å². The lowest BCUT2D eigenvalue weighted by Crippen LogP contribution is -2.25. The molecule has 2 rings (SSSR count). The second kappa shape index (κ2) is 5.35. The molecule has 2 heteroatoms. The highest BCUT2D eigenvalue weighted by Crippen LogP contribution is 2.27. The molecule has 2 atom stereocenters. The zero-order chi connectivity index (χ0) is 12.3. The summed E-state index contributed by atoms with van der Waals surface area (Å²) in [7, 11) is 0. The van der Waals surface area contributed by atoms with Crippen LogP contribution >= 0.6 is 11.6 Å². The van der Waals surface area contributed by atoms with E-state index in [9.17, 15) is 0 Å². The lowest BCUT2D eigenvalue weighted by atomic mass is 9.86. The van der Waals surface area contributed by atoms with Gasteiger partial charge in [0.1, 0.15) is 0 Å². The molecule has 2 aromatic rings. The van der Waals surface area contributed by atoms with Crippen molar-refractivity contribution >= 4 is 11.6 Å². The third-order valence-electron chi connectivity index (χ3n) is 2.91. The van der Waals surface area contributed by atoms with E-state index < -0.39 is 0 Å². The van der Waals surface area contributed by atoms with Gasteiger partial charge in [-0.05, 0) is 30.2 Å². The Morgan fingerprint density at radius 1 is 0.882 bits per heavy atom. The first-order chi connectivity index (χ1) is 8.18. The molecule has 2 aromatic carbocycles. The molecule has 0 spiro atoms. The zero-order valence-corrected chi connectivity index (χ0v) is 10.6. The second-order valence-corrected chi connectivity index (χ2v) is 4.74. The molecule has 88 valence electrons. The number of rotatable bonds is 3. The van der Waals surface area contributed by atoms with Crippen molar-refractivity contribution in [2.75, 3.05) is 0 Å². The molecule has 0 radical (unpaired) electrons. The van der Waals surface area contributed by atoms with Gasteiger partial charge in [-0.25, -0.2) is 0 Å². The van der Waals surface area contributed by atoms with E-state index in [1.807, 2.05) is 49.4 Å². The monoisotopic (exact) mass is 245 g/mol. The summed E-state index contributed by atoms with van der Waals surface area (Å²) in [5, 5.41) is 0.755. The Labute approximate surface area is 107 Å². The van der Waals surface area contributed by atoms with Gasteiger partial charge < -0.3 is 5.73 Å². The standard InChI is InChI=1S/C15H16ClN/c1-11(17)15(12-5-3-2-4-6-12)13-7-9-14(16)10-8-13/h2-11,15H,17H2,1H3. The van der Waals surface area contributed by atoms with Crippen molar-refractivity contribution in [2.45, 2.75) is 18.9 Å². The summed E-state index contributed by atoms with van der Waals surface area (Å²) >= 11 is 5.91. The Morgan fingerprint density at radius 3 is 1.94 bits per heavy atom. The van der Waals surface area contributed by atoms with Crippen molar-refractivity contribution < 1.29 is 0 Å². The first-order valence-corrected chi connectivity index (χ1v) is 6.12. The van der Waals surface area contributed by atoms with Crippen LogP contribution < -0.4 is 5.73 Å². The van der Waals surface area contributed by atoms with Gasteiger partial charge in [0, 0.05) is 17.0 Å². The molecule has 0 saturated heterocycles. The average molecular weight is 246 g/mol. The fraction of sp³-hybridized carbons (Fsp3) is 0.200. The van der Waals surface area contributed by atoms with Gasteiger partial charge >= 0.3 is 0 Å². The minimum absolute atomic E-state index is 0.0681. The van der Waals surface area contributed by atoms with Gasteiger partial charge in [0.05, 0.1) is 0 Å². The molecule has 1 nitrogen and oxygen atoms in total. The Balaban J connectivity index is 2.39. The van der Waals surface area contributed by atoms with E-state index in [2.05, 4.69) is 12.1 Å². The summed E-state index contributed by atoms with van der Waals surface area (Å²) < 4.78 is 0. The topological polar surface area (TPSA) is 26.0 Å². The van der Waals surface area contributed by atoms with Crippen molar-refractivity contribution in [3.63, 3.8) is 0 Å². The van der Waals surface area contributed by atoms with Crippen molar-refractivity contribution in [3.8, 4) is 0 Å². The molecule has 0 aliphatic heterocycles. The molecule has 2 N–H and O–H groups in total. The van der Waals surface area contributed by atoms with Gasteiger partial charge in [0.2, 0.25) is 0 Å². The van der Waals surface area contributed by atoms with E-state index in [1.54, 1.807) is 0 Å². The Kier molecular flexibility index (Phi) is 3.82. The predicted molar refractivity (Wildman–Crippen MR) is 73.4 cm³/mol. The van der Waals surface area contributed by atoms with Crippen LogP contribution in [-0.4, -0.2) is 6.04 Å². The normalized spacial score (nSPS) is 14.3. The summed E-state index contributed by atoms with van der Waals surface area (Å²) in [5.41, 5.74) is 8.55. The van der Waals surface area contributed by atoms with E-state index in [0.717, 1.165) is 5.02 Å². The zero-order valence-electron chi connectivity index (χ0n) is 9.81. The van der Waals surface area contributed by atoms with E-state index >= 15 is 0 Å². The van der Waals surface area contributed by atoms with Gasteiger partial charge in [-0.3, -0.25) is 0 Å². The SMILES string of the molecule is CC(N)C(c1ccccc1)c1ccc(Cl)cc1. The number of nitrogens with two attached hydrogens (primary N) is 1. The van der Waals surface area contributed by atoms with Gasteiger partial charge in [0.15, 0.2) is 0 Å². The molecule has 0 aliphatic rings. The quantitative estimate of drug-likeness (QED) is 0.874. The molecular formula is C15H16ClN. The summed E-state index contributed by atoms with van der Waals surface area (Å²) in [6.07, 6.45) is 0. The minimum atomic E-state index is 0.0681. The van der Waals surface area contributed by atoms with Crippen LogP contribution in [0.4, 0.5) is 0 Å². The van der Waals surface area contributed by atoms with E-state index in [-0.39, 0.29) is 12.0 Å². The molecular weight excluding hydrogens is 230 g/mol. The molecule has 0 heterocycles. The number of hydrogen-bond donors (Lipinski definition) is 1. The van der Waals surface area contributed by atoms with Crippen LogP contribution in [-0.2, 0) is 0 Å². The molecule has 0 bridgehead atoms. The molecule has 2 unspecified atom stereocenters. The average Bonchev–Trinajstić information content (AvgIpc) is 2.33. The summed E-state index contributed by atoms with van der Waals surface area (Å²) in [6.45, 7) is 2.03. The van der Waals surface area contributed by atoms with E-state index in [0.29, 0.717) is 0 Å². The summed E-state index contributed by atoms with van der Waals surface area (Å²) in [5.74, 6) is 0.216. The Bertz CT molecular complexity index is 462. The van der Waals surface area contributed by atoms with Gasteiger partial charge in [-0.1, -0.05) is 54.1 Å². The first-order valence-electron chi connectivity index (χ1n) is 5.74. The number of hydrogen-bond acceptors (Lipinski definition) is 1. The third-order valence-corrected chi connectivity index (χ3v) is 3.17. The highest BCUT2D eigenvalue weighted by atomic mass is 35.5. The molecule has 0 aliphatic carbocycles. The van der Waals surface area contributed by atoms with E-state index in [1.165, 1.54) is 11.1 Å². The van der Waals surface area contributed by atoms with Gasteiger partial charge in [0.25, 0.3) is 0 Å². The highest BCUT2D eigenvalue weighted by Gasteiger charge is 2.17. The molecule has 0 aromatic heterocycles. The number of halogens is 1. The molecule has 0 fully saturated rings. The van der Waals surface area contributed by atoms with Crippen LogP contribution in [0.3, 0.4) is 0 Å². The van der Waals surface area contributed by atoms with Gasteiger partial charge in [-0.15, -0.1) is 0 Å².